The van der Waals surface area contributed by atoms with Crippen molar-refractivity contribution in [2.24, 2.45) is 11.1 Å². The predicted octanol–water partition coefficient (Wildman–Crippen LogP) is 5.86. The quantitative estimate of drug-likeness (QED) is 0.331. The van der Waals surface area contributed by atoms with Gasteiger partial charge in [-0.1, -0.05) is 42.9 Å². The van der Waals surface area contributed by atoms with Crippen molar-refractivity contribution in [2.45, 2.75) is 57.9 Å². The van der Waals surface area contributed by atoms with Crippen LogP contribution in [-0.4, -0.2) is 38.9 Å². The number of halogens is 4. The molecule has 1 saturated carbocycles. The van der Waals surface area contributed by atoms with Crippen molar-refractivity contribution in [1.82, 2.24) is 0 Å². The molecule has 0 radical (unpaired) electrons. The Balaban J connectivity index is 2.50. The largest absolute Gasteiger partial charge is 0.517 e. The molecule has 0 N–H and O–H groups in total. The Labute approximate surface area is 190 Å². The average Bonchev–Trinajstić information content (AvgIpc) is 2.72. The molecule has 1 aromatic rings. The standard InChI is InChI=1S/C20H26ClF3N2O5S/c1-3-17(25-31-13-14-8-6-5-7-9-14)16-12-15(21)10-11-18(16)26(19(27)30-4-2)32(28,29)20(22,23)24/h10-12,14H,3-9,13H2,1-2H3. The second-order valence-corrected chi connectivity index (χ2v) is 9.48. The van der Waals surface area contributed by atoms with Crippen LogP contribution in [0.4, 0.5) is 23.7 Å². The van der Waals surface area contributed by atoms with Crippen molar-refractivity contribution in [1.29, 1.82) is 0 Å². The normalized spacial score (nSPS) is 16.0. The number of carbonyl (C=O) groups is 1. The van der Waals surface area contributed by atoms with Gasteiger partial charge in [-0.15, -0.1) is 0 Å². The fraction of sp³-hybridized carbons (Fsp3) is 0.600. The molecule has 2 rings (SSSR count). The van der Waals surface area contributed by atoms with Crippen LogP contribution in [0.5, 0.6) is 0 Å². The minimum atomic E-state index is -6.11. The molecule has 1 aliphatic rings. The minimum absolute atomic E-state index is 0.0791. The highest BCUT2D eigenvalue weighted by atomic mass is 35.5. The zero-order valence-corrected chi connectivity index (χ0v) is 19.4. The first kappa shape index (κ1) is 26.2. The smallest absolute Gasteiger partial charge is 0.449 e. The molecular weight excluding hydrogens is 473 g/mol. The molecule has 0 saturated heterocycles. The minimum Gasteiger partial charge on any atom is -0.449 e. The molecule has 0 heterocycles. The number of anilines is 1. The van der Waals surface area contributed by atoms with Crippen LogP contribution in [0.15, 0.2) is 23.4 Å². The van der Waals surface area contributed by atoms with Gasteiger partial charge in [-0.3, -0.25) is 0 Å². The van der Waals surface area contributed by atoms with E-state index in [2.05, 4.69) is 9.89 Å². The van der Waals surface area contributed by atoms with Crippen LogP contribution < -0.4 is 4.31 Å². The Hall–Kier alpha value is -2.01. The van der Waals surface area contributed by atoms with Crippen LogP contribution in [0, 0.1) is 5.92 Å². The van der Waals surface area contributed by atoms with Crippen LogP contribution in [0.25, 0.3) is 0 Å². The molecule has 0 atom stereocenters. The van der Waals surface area contributed by atoms with Crippen LogP contribution >= 0.6 is 11.6 Å². The lowest BCUT2D eigenvalue weighted by molar-refractivity contribution is -0.0438. The highest BCUT2D eigenvalue weighted by Gasteiger charge is 2.53. The van der Waals surface area contributed by atoms with Crippen molar-refractivity contribution < 1.29 is 36.0 Å². The number of hydrogen-bond donors (Lipinski definition) is 0. The molecule has 1 aliphatic carbocycles. The first-order valence-electron chi connectivity index (χ1n) is 10.3. The molecule has 0 aliphatic heterocycles. The first-order valence-corrected chi connectivity index (χ1v) is 12.1. The van der Waals surface area contributed by atoms with Crippen LogP contribution in [0.2, 0.25) is 5.02 Å². The number of oxime groups is 1. The summed E-state index contributed by atoms with van der Waals surface area (Å²) in [5.41, 5.74) is -6.25. The number of hydrogen-bond acceptors (Lipinski definition) is 6. The van der Waals surface area contributed by atoms with Gasteiger partial charge >= 0.3 is 21.6 Å². The summed E-state index contributed by atoms with van der Waals surface area (Å²) in [5.74, 6) is 0.325. The Kier molecular flexibility index (Phi) is 9.20. The fourth-order valence-electron chi connectivity index (χ4n) is 3.41. The maximum absolute atomic E-state index is 13.4. The lowest BCUT2D eigenvalue weighted by Gasteiger charge is -2.25. The van der Waals surface area contributed by atoms with Gasteiger partial charge in [0, 0.05) is 10.6 Å². The second-order valence-electron chi connectivity index (χ2n) is 7.27. The highest BCUT2D eigenvalue weighted by molar-refractivity contribution is 7.94. The maximum Gasteiger partial charge on any atom is 0.517 e. The number of carbonyl (C=O) groups excluding carboxylic acids is 1. The third-order valence-electron chi connectivity index (χ3n) is 5.00. The topological polar surface area (TPSA) is 85.3 Å². The summed E-state index contributed by atoms with van der Waals surface area (Å²) < 4.78 is 68.7. The van der Waals surface area contributed by atoms with Crippen molar-refractivity contribution in [3.8, 4) is 0 Å². The zero-order valence-electron chi connectivity index (χ0n) is 17.8. The summed E-state index contributed by atoms with van der Waals surface area (Å²) in [4.78, 5) is 17.8. The van der Waals surface area contributed by atoms with Gasteiger partial charge in [-0.2, -0.15) is 25.9 Å². The zero-order chi connectivity index (χ0) is 23.9. The van der Waals surface area contributed by atoms with E-state index in [1.54, 1.807) is 6.92 Å². The third kappa shape index (κ3) is 6.28. The molecule has 12 heteroatoms. The van der Waals surface area contributed by atoms with E-state index in [1.165, 1.54) is 25.5 Å². The van der Waals surface area contributed by atoms with Gasteiger partial charge in [-0.05, 0) is 50.3 Å². The first-order chi connectivity index (χ1) is 15.0. The molecular formula is C20H26ClF3N2O5S. The number of amides is 1. The van der Waals surface area contributed by atoms with Gasteiger partial charge in [0.2, 0.25) is 0 Å². The van der Waals surface area contributed by atoms with E-state index in [1.807, 2.05) is 0 Å². The van der Waals surface area contributed by atoms with Crippen molar-refractivity contribution in [3.05, 3.63) is 28.8 Å². The van der Waals surface area contributed by atoms with E-state index >= 15 is 0 Å². The number of rotatable bonds is 8. The number of nitrogens with zero attached hydrogens (tertiary/aromatic N) is 2. The summed E-state index contributed by atoms with van der Waals surface area (Å²) in [6.45, 7) is 3.02. The van der Waals surface area contributed by atoms with Crippen molar-refractivity contribution >= 4 is 39.1 Å². The van der Waals surface area contributed by atoms with E-state index < -0.39 is 31.6 Å². The third-order valence-corrected chi connectivity index (χ3v) is 6.65. The van der Waals surface area contributed by atoms with Crippen LogP contribution in [0.1, 0.15) is 57.9 Å². The monoisotopic (exact) mass is 498 g/mol. The molecule has 1 fully saturated rings. The molecule has 180 valence electrons. The summed E-state index contributed by atoms with van der Waals surface area (Å²) in [5, 5.41) is 4.16. The molecule has 0 aromatic heterocycles. The summed E-state index contributed by atoms with van der Waals surface area (Å²) in [6, 6.07) is 3.42. The van der Waals surface area contributed by atoms with Crippen molar-refractivity contribution in [3.63, 3.8) is 0 Å². The molecule has 7 nitrogen and oxygen atoms in total. The lowest BCUT2D eigenvalue weighted by Crippen LogP contribution is -2.45. The molecule has 1 amide bonds. The fourth-order valence-corrected chi connectivity index (χ4v) is 4.45. The van der Waals surface area contributed by atoms with E-state index in [-0.39, 0.29) is 29.3 Å². The van der Waals surface area contributed by atoms with Gasteiger partial charge in [0.25, 0.3) is 0 Å². The number of sulfonamides is 1. The van der Waals surface area contributed by atoms with Gasteiger partial charge in [-0.25, -0.2) is 4.79 Å². The number of benzene rings is 1. The van der Waals surface area contributed by atoms with Gasteiger partial charge < -0.3 is 9.57 Å². The number of alkyl halides is 3. The Morgan fingerprint density at radius 1 is 1.22 bits per heavy atom. The summed E-state index contributed by atoms with van der Waals surface area (Å²) in [7, 11) is -6.11. The van der Waals surface area contributed by atoms with Gasteiger partial charge in [0.05, 0.1) is 18.0 Å². The lowest BCUT2D eigenvalue weighted by atomic mass is 9.90. The van der Waals surface area contributed by atoms with Crippen molar-refractivity contribution in [2.75, 3.05) is 17.5 Å². The second kappa shape index (κ2) is 11.2. The van der Waals surface area contributed by atoms with E-state index in [0.717, 1.165) is 31.7 Å². The van der Waals surface area contributed by atoms with Crippen LogP contribution in [-0.2, 0) is 19.6 Å². The summed E-state index contributed by atoms with van der Waals surface area (Å²) >= 11 is 6.02. The molecule has 32 heavy (non-hydrogen) atoms. The van der Waals surface area contributed by atoms with E-state index in [9.17, 15) is 26.4 Å². The predicted molar refractivity (Wildman–Crippen MR) is 115 cm³/mol. The molecule has 0 bridgehead atoms. The average molecular weight is 499 g/mol. The highest BCUT2D eigenvalue weighted by Crippen LogP contribution is 2.35. The van der Waals surface area contributed by atoms with Gasteiger partial charge in [0.1, 0.15) is 6.61 Å². The Bertz CT molecular complexity index is 932. The number of ether oxygens (including phenoxy) is 1. The maximum atomic E-state index is 13.4. The molecule has 1 aromatic carbocycles. The SMILES string of the molecule is CCOC(=O)N(c1ccc(Cl)cc1C(CC)=NOCC1CCCCC1)S(=O)(=O)C(F)(F)F. The van der Waals surface area contributed by atoms with Gasteiger partial charge in [0.15, 0.2) is 0 Å². The van der Waals surface area contributed by atoms with E-state index in [0.29, 0.717) is 12.5 Å². The van der Waals surface area contributed by atoms with E-state index in [4.69, 9.17) is 16.4 Å². The Morgan fingerprint density at radius 3 is 2.44 bits per heavy atom. The Morgan fingerprint density at radius 2 is 1.88 bits per heavy atom. The molecule has 0 spiro atoms. The van der Waals surface area contributed by atoms with Crippen LogP contribution in [0.3, 0.4) is 0 Å². The molecule has 0 unspecified atom stereocenters. The summed E-state index contributed by atoms with van der Waals surface area (Å²) in [6.07, 6.45) is 3.86.